The highest BCUT2D eigenvalue weighted by Gasteiger charge is 2.08. The molecule has 0 amide bonds. The van der Waals surface area contributed by atoms with E-state index in [1.807, 2.05) is 26.0 Å². The molecular formula is C14H14N4OS2. The summed E-state index contributed by atoms with van der Waals surface area (Å²) in [6.07, 6.45) is 1.80. The van der Waals surface area contributed by atoms with Gasteiger partial charge in [-0.2, -0.15) is 0 Å². The van der Waals surface area contributed by atoms with E-state index in [4.69, 9.17) is 5.73 Å². The smallest absolute Gasteiger partial charge is 0.258 e. The van der Waals surface area contributed by atoms with Crippen LogP contribution in [0.15, 0.2) is 33.4 Å². The summed E-state index contributed by atoms with van der Waals surface area (Å²) in [7, 11) is 0. The summed E-state index contributed by atoms with van der Waals surface area (Å²) < 4.78 is 2.64. The van der Waals surface area contributed by atoms with Crippen molar-refractivity contribution in [3.05, 3.63) is 51.7 Å². The lowest BCUT2D eigenvalue weighted by atomic mass is 10.3. The van der Waals surface area contributed by atoms with Crippen molar-refractivity contribution >= 4 is 33.9 Å². The Morgan fingerprint density at radius 2 is 2.14 bits per heavy atom. The minimum absolute atomic E-state index is 0.0557. The van der Waals surface area contributed by atoms with E-state index < -0.39 is 0 Å². The first-order chi connectivity index (χ1) is 10.0. The van der Waals surface area contributed by atoms with Gasteiger partial charge in [-0.05, 0) is 25.5 Å². The van der Waals surface area contributed by atoms with Crippen LogP contribution in [0.5, 0.6) is 0 Å². The lowest BCUT2D eigenvalue weighted by Crippen LogP contribution is -2.15. The van der Waals surface area contributed by atoms with Gasteiger partial charge in [-0.25, -0.2) is 9.97 Å². The Morgan fingerprint density at radius 3 is 2.86 bits per heavy atom. The molecule has 7 heteroatoms. The molecule has 0 aliphatic heterocycles. The van der Waals surface area contributed by atoms with E-state index in [2.05, 4.69) is 9.97 Å². The first-order valence-corrected chi connectivity index (χ1v) is 8.18. The summed E-state index contributed by atoms with van der Waals surface area (Å²) in [6.45, 7) is 3.88. The zero-order valence-corrected chi connectivity index (χ0v) is 13.3. The Hall–Kier alpha value is -1.86. The normalized spacial score (nSPS) is 11.1. The van der Waals surface area contributed by atoms with Crippen molar-refractivity contribution in [2.45, 2.75) is 23.8 Å². The molecule has 3 heterocycles. The summed E-state index contributed by atoms with van der Waals surface area (Å²) in [6, 6.07) is 5.40. The monoisotopic (exact) mass is 318 g/mol. The maximum Gasteiger partial charge on any atom is 0.258 e. The number of pyridine rings is 1. The predicted octanol–water partition coefficient (Wildman–Crippen LogP) is 2.64. The van der Waals surface area contributed by atoms with Crippen molar-refractivity contribution in [3.63, 3.8) is 0 Å². The number of rotatable bonds is 3. The third-order valence-electron chi connectivity index (χ3n) is 2.98. The van der Waals surface area contributed by atoms with Crippen LogP contribution in [-0.2, 0) is 5.75 Å². The molecule has 5 nitrogen and oxygen atoms in total. The molecule has 3 aromatic rings. The van der Waals surface area contributed by atoms with E-state index >= 15 is 0 Å². The van der Waals surface area contributed by atoms with Crippen molar-refractivity contribution in [2.75, 3.05) is 5.73 Å². The second-order valence-electron chi connectivity index (χ2n) is 4.73. The quantitative estimate of drug-likeness (QED) is 0.752. The number of hydrogen-bond acceptors (Lipinski definition) is 6. The first-order valence-electron chi connectivity index (χ1n) is 6.37. The SMILES string of the molecule is Cc1ccc2nc(CSc3sc(N)nc3C)cc(=O)n2c1. The molecule has 0 saturated heterocycles. The van der Waals surface area contributed by atoms with Crippen LogP contribution in [0, 0.1) is 13.8 Å². The molecule has 108 valence electrons. The maximum atomic E-state index is 12.1. The number of hydrogen-bond donors (Lipinski definition) is 1. The van der Waals surface area contributed by atoms with E-state index in [0.717, 1.165) is 21.2 Å². The molecule has 0 atom stereocenters. The van der Waals surface area contributed by atoms with Crippen LogP contribution in [0.3, 0.4) is 0 Å². The number of aromatic nitrogens is 3. The molecule has 0 bridgehead atoms. The average Bonchev–Trinajstić information content (AvgIpc) is 2.75. The largest absolute Gasteiger partial charge is 0.375 e. The Kier molecular flexibility index (Phi) is 3.69. The fourth-order valence-corrected chi connectivity index (χ4v) is 3.92. The minimum atomic E-state index is -0.0557. The van der Waals surface area contributed by atoms with Gasteiger partial charge in [-0.1, -0.05) is 17.4 Å². The van der Waals surface area contributed by atoms with Gasteiger partial charge in [0.1, 0.15) is 5.65 Å². The minimum Gasteiger partial charge on any atom is -0.375 e. The summed E-state index contributed by atoms with van der Waals surface area (Å²) in [4.78, 5) is 20.8. The fourth-order valence-electron chi connectivity index (χ4n) is 2.01. The van der Waals surface area contributed by atoms with Crippen LogP contribution in [0.4, 0.5) is 5.13 Å². The van der Waals surface area contributed by atoms with Gasteiger partial charge in [-0.3, -0.25) is 9.20 Å². The molecule has 0 aromatic carbocycles. The van der Waals surface area contributed by atoms with E-state index in [0.29, 0.717) is 16.5 Å². The van der Waals surface area contributed by atoms with Gasteiger partial charge in [0.15, 0.2) is 5.13 Å². The lowest BCUT2D eigenvalue weighted by molar-refractivity contribution is 1.00. The van der Waals surface area contributed by atoms with Gasteiger partial charge in [0.25, 0.3) is 5.56 Å². The average molecular weight is 318 g/mol. The molecule has 0 aliphatic carbocycles. The molecule has 3 aromatic heterocycles. The highest BCUT2D eigenvalue weighted by atomic mass is 32.2. The predicted molar refractivity (Wildman–Crippen MR) is 87.0 cm³/mol. The zero-order valence-electron chi connectivity index (χ0n) is 11.7. The molecule has 21 heavy (non-hydrogen) atoms. The molecule has 2 N–H and O–H groups in total. The number of fused-ring (bicyclic) bond motifs is 1. The van der Waals surface area contributed by atoms with Crippen molar-refractivity contribution in [3.8, 4) is 0 Å². The number of nitrogens with zero attached hydrogens (tertiary/aromatic N) is 3. The number of thiazole rings is 1. The molecule has 0 aliphatic rings. The number of nitrogen functional groups attached to an aromatic ring is 1. The van der Waals surface area contributed by atoms with Crippen LogP contribution in [0.1, 0.15) is 17.0 Å². The van der Waals surface area contributed by atoms with Gasteiger partial charge >= 0.3 is 0 Å². The summed E-state index contributed by atoms with van der Waals surface area (Å²) >= 11 is 3.07. The van der Waals surface area contributed by atoms with Gasteiger partial charge in [0, 0.05) is 18.0 Å². The van der Waals surface area contributed by atoms with E-state index in [1.54, 1.807) is 28.4 Å². The molecule has 0 radical (unpaired) electrons. The van der Waals surface area contributed by atoms with Gasteiger partial charge in [0.05, 0.1) is 15.6 Å². The second-order valence-corrected chi connectivity index (χ2v) is 7.01. The zero-order chi connectivity index (χ0) is 15.0. The summed E-state index contributed by atoms with van der Waals surface area (Å²) in [5.41, 5.74) is 9.02. The highest BCUT2D eigenvalue weighted by Crippen LogP contribution is 2.32. The first kappa shape index (κ1) is 14.1. The van der Waals surface area contributed by atoms with Gasteiger partial charge in [0.2, 0.25) is 0 Å². The van der Waals surface area contributed by atoms with Gasteiger partial charge < -0.3 is 5.73 Å². The van der Waals surface area contributed by atoms with E-state index in [1.165, 1.54) is 11.3 Å². The van der Waals surface area contributed by atoms with Crippen LogP contribution >= 0.6 is 23.1 Å². The lowest BCUT2D eigenvalue weighted by Gasteiger charge is -2.04. The highest BCUT2D eigenvalue weighted by molar-refractivity contribution is 8.00. The van der Waals surface area contributed by atoms with Crippen LogP contribution in [0.2, 0.25) is 0 Å². The Labute approximate surface area is 129 Å². The van der Waals surface area contributed by atoms with Crippen LogP contribution in [-0.4, -0.2) is 14.4 Å². The molecule has 0 unspecified atom stereocenters. The Balaban J connectivity index is 1.89. The number of aryl methyl sites for hydroxylation is 2. The number of thioether (sulfide) groups is 1. The third-order valence-corrected chi connectivity index (χ3v) is 5.36. The Morgan fingerprint density at radius 1 is 1.33 bits per heavy atom. The summed E-state index contributed by atoms with van der Waals surface area (Å²) in [5.74, 6) is 0.627. The molecule has 0 fully saturated rings. The van der Waals surface area contributed by atoms with Crippen LogP contribution in [0.25, 0.3) is 5.65 Å². The maximum absolute atomic E-state index is 12.1. The van der Waals surface area contributed by atoms with Crippen molar-refractivity contribution in [1.29, 1.82) is 0 Å². The van der Waals surface area contributed by atoms with Crippen molar-refractivity contribution in [2.24, 2.45) is 0 Å². The third kappa shape index (κ3) is 2.93. The molecular weight excluding hydrogens is 304 g/mol. The molecule has 3 rings (SSSR count). The molecule has 0 saturated carbocycles. The Bertz CT molecular complexity index is 869. The van der Waals surface area contributed by atoms with Gasteiger partial charge in [-0.15, -0.1) is 11.8 Å². The second kappa shape index (κ2) is 5.50. The fraction of sp³-hybridized carbons (Fsp3) is 0.214. The number of anilines is 1. The van der Waals surface area contributed by atoms with E-state index in [9.17, 15) is 4.79 Å². The topological polar surface area (TPSA) is 73.3 Å². The standard InChI is InChI=1S/C14H14N4OS2/c1-8-3-4-11-17-10(5-12(19)18(11)6-8)7-20-13-9(2)16-14(15)21-13/h3-6H,7H2,1-2H3,(H2,15,16). The summed E-state index contributed by atoms with van der Waals surface area (Å²) in [5, 5.41) is 0.567. The van der Waals surface area contributed by atoms with Crippen LogP contribution < -0.4 is 11.3 Å². The van der Waals surface area contributed by atoms with E-state index in [-0.39, 0.29) is 5.56 Å². The number of nitrogens with two attached hydrogens (primary N) is 1. The molecule has 0 spiro atoms. The van der Waals surface area contributed by atoms with Crippen molar-refractivity contribution < 1.29 is 0 Å². The van der Waals surface area contributed by atoms with Crippen molar-refractivity contribution in [1.82, 2.24) is 14.4 Å².